The van der Waals surface area contributed by atoms with Crippen molar-refractivity contribution >= 4 is 11.9 Å². The van der Waals surface area contributed by atoms with Gasteiger partial charge in [0.25, 0.3) is 0 Å². The standard InChI is InChI=1S/C19H22N2O5/c1-10(2)24-18(22)16(19(23)25-11(3)4)15-12-7-5-6-8-14(12)26-17(21)13(15)9-20/h5-8,10-11,15-16H,21H2,1-4H3/t15-/m1/s1. The lowest BCUT2D eigenvalue weighted by Crippen LogP contribution is -2.38. The molecule has 2 rings (SSSR count). The fraction of sp³-hybridized carbons (Fsp3) is 0.421. The van der Waals surface area contributed by atoms with E-state index < -0.39 is 36.0 Å². The maximum absolute atomic E-state index is 12.7. The van der Waals surface area contributed by atoms with Crippen molar-refractivity contribution in [3.05, 3.63) is 41.3 Å². The SMILES string of the molecule is CC(C)OC(=O)C(C(=O)OC(C)C)[C@H]1C(C#N)=C(N)Oc2ccccc21. The van der Waals surface area contributed by atoms with E-state index in [9.17, 15) is 14.9 Å². The van der Waals surface area contributed by atoms with Gasteiger partial charge in [0.1, 0.15) is 11.8 Å². The lowest BCUT2D eigenvalue weighted by molar-refractivity contribution is -0.167. The number of benzene rings is 1. The van der Waals surface area contributed by atoms with Crippen LogP contribution in [0.25, 0.3) is 0 Å². The quantitative estimate of drug-likeness (QED) is 0.635. The van der Waals surface area contributed by atoms with E-state index in [4.69, 9.17) is 19.9 Å². The summed E-state index contributed by atoms with van der Waals surface area (Å²) in [5.41, 5.74) is 6.37. The van der Waals surface area contributed by atoms with Crippen LogP contribution in [0.3, 0.4) is 0 Å². The summed E-state index contributed by atoms with van der Waals surface area (Å²) in [6, 6.07) is 8.75. The summed E-state index contributed by atoms with van der Waals surface area (Å²) in [6.07, 6.45) is -0.863. The Hall–Kier alpha value is -3.01. The van der Waals surface area contributed by atoms with Gasteiger partial charge in [0.2, 0.25) is 5.88 Å². The number of hydrogen-bond acceptors (Lipinski definition) is 7. The summed E-state index contributed by atoms with van der Waals surface area (Å²) in [4.78, 5) is 25.4. The molecule has 0 aliphatic carbocycles. The highest BCUT2D eigenvalue weighted by Gasteiger charge is 2.45. The van der Waals surface area contributed by atoms with Crippen molar-refractivity contribution in [1.82, 2.24) is 0 Å². The third-order valence-electron chi connectivity index (χ3n) is 3.72. The number of nitrogens with two attached hydrogens (primary N) is 1. The van der Waals surface area contributed by atoms with Gasteiger partial charge in [0.05, 0.1) is 23.7 Å². The number of nitrogens with zero attached hydrogens (tertiary/aromatic N) is 1. The van der Waals surface area contributed by atoms with Gasteiger partial charge in [0.15, 0.2) is 5.92 Å². The third kappa shape index (κ3) is 3.97. The number of allylic oxidation sites excluding steroid dienone is 1. The van der Waals surface area contributed by atoms with Crippen molar-refractivity contribution in [1.29, 1.82) is 5.26 Å². The minimum absolute atomic E-state index is 0.00453. The molecule has 0 radical (unpaired) electrons. The van der Waals surface area contributed by atoms with Gasteiger partial charge >= 0.3 is 11.9 Å². The maximum Gasteiger partial charge on any atom is 0.321 e. The fourth-order valence-electron chi connectivity index (χ4n) is 2.76. The van der Waals surface area contributed by atoms with Gasteiger partial charge in [-0.2, -0.15) is 5.26 Å². The van der Waals surface area contributed by atoms with Gasteiger partial charge < -0.3 is 19.9 Å². The van der Waals surface area contributed by atoms with Crippen LogP contribution in [0.5, 0.6) is 5.75 Å². The molecule has 0 spiro atoms. The molecule has 0 fully saturated rings. The molecule has 138 valence electrons. The van der Waals surface area contributed by atoms with Crippen molar-refractivity contribution in [3.8, 4) is 11.8 Å². The number of carbonyl (C=O) groups excluding carboxylic acids is 2. The Morgan fingerprint density at radius 3 is 2.15 bits per heavy atom. The summed E-state index contributed by atoms with van der Waals surface area (Å²) < 4.78 is 16.0. The predicted octanol–water partition coefficient (Wildman–Crippen LogP) is 2.38. The molecule has 7 heteroatoms. The Morgan fingerprint density at radius 2 is 1.65 bits per heavy atom. The summed E-state index contributed by atoms with van der Waals surface area (Å²) in [6.45, 7) is 6.71. The lowest BCUT2D eigenvalue weighted by Gasteiger charge is -2.30. The number of rotatable bonds is 5. The van der Waals surface area contributed by atoms with Gasteiger partial charge in [-0.05, 0) is 33.8 Å². The highest BCUT2D eigenvalue weighted by molar-refractivity contribution is 5.97. The monoisotopic (exact) mass is 358 g/mol. The van der Waals surface area contributed by atoms with E-state index in [1.165, 1.54) is 0 Å². The predicted molar refractivity (Wildman–Crippen MR) is 92.6 cm³/mol. The zero-order valence-corrected chi connectivity index (χ0v) is 15.2. The summed E-state index contributed by atoms with van der Waals surface area (Å²) in [5.74, 6) is -3.61. The van der Waals surface area contributed by atoms with Crippen LogP contribution in [-0.4, -0.2) is 24.1 Å². The van der Waals surface area contributed by atoms with E-state index in [1.54, 1.807) is 52.0 Å². The first-order chi connectivity index (χ1) is 12.3. The lowest BCUT2D eigenvalue weighted by atomic mass is 9.79. The number of ether oxygens (including phenoxy) is 3. The first kappa shape index (κ1) is 19.3. The molecule has 7 nitrogen and oxygen atoms in total. The van der Waals surface area contributed by atoms with Crippen molar-refractivity contribution in [2.75, 3.05) is 0 Å². The van der Waals surface area contributed by atoms with Gasteiger partial charge in [-0.1, -0.05) is 18.2 Å². The van der Waals surface area contributed by atoms with Crippen LogP contribution in [0.1, 0.15) is 39.2 Å². The zero-order valence-electron chi connectivity index (χ0n) is 15.2. The average molecular weight is 358 g/mol. The number of carbonyl (C=O) groups is 2. The molecule has 0 unspecified atom stereocenters. The molecule has 1 atom stereocenters. The van der Waals surface area contributed by atoms with E-state index in [0.717, 1.165) is 0 Å². The van der Waals surface area contributed by atoms with Gasteiger partial charge in [-0.25, -0.2) is 0 Å². The molecule has 0 saturated heterocycles. The normalized spacial score (nSPS) is 16.2. The van der Waals surface area contributed by atoms with E-state index in [1.807, 2.05) is 6.07 Å². The molecular formula is C19H22N2O5. The Bertz CT molecular complexity index is 754. The Morgan fingerprint density at radius 1 is 1.12 bits per heavy atom. The molecule has 0 aromatic heterocycles. The smallest absolute Gasteiger partial charge is 0.321 e. The van der Waals surface area contributed by atoms with Crippen LogP contribution in [0.15, 0.2) is 35.7 Å². The van der Waals surface area contributed by atoms with Crippen LogP contribution in [0.2, 0.25) is 0 Å². The molecule has 1 aromatic carbocycles. The molecule has 0 bridgehead atoms. The van der Waals surface area contributed by atoms with Crippen molar-refractivity contribution < 1.29 is 23.8 Å². The van der Waals surface area contributed by atoms with Crippen LogP contribution in [0.4, 0.5) is 0 Å². The minimum atomic E-state index is -1.36. The summed E-state index contributed by atoms with van der Waals surface area (Å²) >= 11 is 0. The maximum atomic E-state index is 12.7. The number of hydrogen-bond donors (Lipinski definition) is 1. The Kier molecular flexibility index (Phi) is 5.88. The van der Waals surface area contributed by atoms with E-state index in [2.05, 4.69) is 0 Å². The van der Waals surface area contributed by atoms with Gasteiger partial charge in [-0.3, -0.25) is 9.59 Å². The first-order valence-electron chi connectivity index (χ1n) is 8.33. The second kappa shape index (κ2) is 7.91. The number of para-hydroxylation sites is 1. The molecule has 0 saturated carbocycles. The van der Waals surface area contributed by atoms with Crippen LogP contribution < -0.4 is 10.5 Å². The first-order valence-corrected chi connectivity index (χ1v) is 8.33. The molecule has 26 heavy (non-hydrogen) atoms. The summed E-state index contributed by atoms with van der Waals surface area (Å²) in [5, 5.41) is 9.56. The van der Waals surface area contributed by atoms with Crippen molar-refractivity contribution in [3.63, 3.8) is 0 Å². The second-order valence-corrected chi connectivity index (χ2v) is 6.46. The zero-order chi connectivity index (χ0) is 19.4. The topological polar surface area (TPSA) is 112 Å². The van der Waals surface area contributed by atoms with Gasteiger partial charge in [-0.15, -0.1) is 0 Å². The summed E-state index contributed by atoms with van der Waals surface area (Å²) in [7, 11) is 0. The second-order valence-electron chi connectivity index (χ2n) is 6.46. The van der Waals surface area contributed by atoms with Gasteiger partial charge in [0, 0.05) is 5.56 Å². The number of fused-ring (bicyclic) bond motifs is 1. The highest BCUT2D eigenvalue weighted by Crippen LogP contribution is 2.43. The third-order valence-corrected chi connectivity index (χ3v) is 3.72. The fourth-order valence-corrected chi connectivity index (χ4v) is 2.76. The molecule has 2 N–H and O–H groups in total. The Balaban J connectivity index is 2.59. The number of nitriles is 1. The minimum Gasteiger partial charge on any atom is -0.462 e. The van der Waals surface area contributed by atoms with Crippen molar-refractivity contribution in [2.24, 2.45) is 11.7 Å². The van der Waals surface area contributed by atoms with E-state index in [0.29, 0.717) is 11.3 Å². The highest BCUT2D eigenvalue weighted by atomic mass is 16.6. The van der Waals surface area contributed by atoms with Crippen LogP contribution in [0, 0.1) is 17.2 Å². The largest absolute Gasteiger partial charge is 0.462 e. The van der Waals surface area contributed by atoms with E-state index >= 15 is 0 Å². The average Bonchev–Trinajstić information content (AvgIpc) is 2.53. The molecule has 1 aliphatic rings. The van der Waals surface area contributed by atoms with E-state index in [-0.39, 0.29) is 11.5 Å². The van der Waals surface area contributed by atoms with Crippen molar-refractivity contribution in [2.45, 2.75) is 45.8 Å². The molecule has 0 amide bonds. The Labute approximate surface area is 152 Å². The molecule has 1 heterocycles. The molecule has 1 aromatic rings. The molecule has 1 aliphatic heterocycles. The van der Waals surface area contributed by atoms with Crippen LogP contribution in [-0.2, 0) is 19.1 Å². The number of esters is 2. The van der Waals surface area contributed by atoms with Crippen LogP contribution >= 0.6 is 0 Å². The molecular weight excluding hydrogens is 336 g/mol.